The van der Waals surface area contributed by atoms with Crippen molar-refractivity contribution in [3.8, 4) is 0 Å². The lowest BCUT2D eigenvalue weighted by Gasteiger charge is -2.07. The Balaban J connectivity index is 2.49. The molecule has 0 aliphatic heterocycles. The van der Waals surface area contributed by atoms with E-state index in [0.29, 0.717) is 16.7 Å². The molecule has 1 rings (SSSR count). The van der Waals surface area contributed by atoms with Gasteiger partial charge in [0.15, 0.2) is 0 Å². The molecule has 0 radical (unpaired) electrons. The van der Waals surface area contributed by atoms with Gasteiger partial charge in [0.2, 0.25) is 10.1 Å². The maximum Gasteiger partial charge on any atom is 0.282 e. The molecule has 0 fully saturated rings. The minimum Gasteiger partial charge on any atom is -0.363 e. The number of rotatable bonds is 5. The lowest BCUT2D eigenvalue weighted by atomic mass is 10.4. The molecule has 6 nitrogen and oxygen atoms in total. The molecule has 0 aliphatic rings. The van der Waals surface area contributed by atoms with E-state index >= 15 is 0 Å². The molecule has 1 aromatic rings. The SMILES string of the molecule is CNc1nnc(C(=O)NCC(C)S(C)=O)s1. The highest BCUT2D eigenvalue weighted by Crippen LogP contribution is 2.13. The Morgan fingerprint density at radius 2 is 2.25 bits per heavy atom. The van der Waals surface area contributed by atoms with Gasteiger partial charge in [0.1, 0.15) is 0 Å². The lowest BCUT2D eigenvalue weighted by molar-refractivity contribution is 0.0953. The van der Waals surface area contributed by atoms with Gasteiger partial charge in [-0.3, -0.25) is 9.00 Å². The monoisotopic (exact) mass is 262 g/mol. The van der Waals surface area contributed by atoms with Gasteiger partial charge in [-0.2, -0.15) is 0 Å². The second-order valence-electron chi connectivity index (χ2n) is 3.18. The Kier molecular flexibility index (Phi) is 4.81. The smallest absolute Gasteiger partial charge is 0.282 e. The average molecular weight is 262 g/mol. The van der Waals surface area contributed by atoms with Crippen LogP contribution in [-0.4, -0.2) is 45.4 Å². The molecule has 16 heavy (non-hydrogen) atoms. The molecule has 0 bridgehead atoms. The van der Waals surface area contributed by atoms with E-state index in [1.54, 1.807) is 13.3 Å². The zero-order valence-electron chi connectivity index (χ0n) is 9.31. The minimum atomic E-state index is -0.939. The number of nitrogens with zero attached hydrogens (tertiary/aromatic N) is 2. The fourth-order valence-electron chi connectivity index (χ4n) is 0.845. The zero-order chi connectivity index (χ0) is 12.1. The van der Waals surface area contributed by atoms with Crippen molar-refractivity contribution in [1.82, 2.24) is 15.5 Å². The summed E-state index contributed by atoms with van der Waals surface area (Å²) < 4.78 is 11.1. The van der Waals surface area contributed by atoms with Gasteiger partial charge in [0.05, 0.1) is 0 Å². The molecule has 2 atom stereocenters. The van der Waals surface area contributed by atoms with E-state index in [2.05, 4.69) is 20.8 Å². The van der Waals surface area contributed by atoms with Crippen molar-refractivity contribution in [3.63, 3.8) is 0 Å². The molecule has 0 saturated carbocycles. The van der Waals surface area contributed by atoms with E-state index in [-0.39, 0.29) is 11.2 Å². The zero-order valence-corrected chi connectivity index (χ0v) is 10.9. The van der Waals surface area contributed by atoms with Crippen molar-refractivity contribution in [3.05, 3.63) is 5.01 Å². The van der Waals surface area contributed by atoms with Gasteiger partial charge in [-0.15, -0.1) is 10.2 Å². The maximum atomic E-state index is 11.6. The van der Waals surface area contributed by atoms with Crippen molar-refractivity contribution in [2.24, 2.45) is 0 Å². The average Bonchev–Trinajstić information content (AvgIpc) is 2.73. The van der Waals surface area contributed by atoms with Crippen LogP contribution in [0, 0.1) is 0 Å². The summed E-state index contributed by atoms with van der Waals surface area (Å²) in [5, 5.41) is 13.8. The molecule has 8 heteroatoms. The fourth-order valence-corrected chi connectivity index (χ4v) is 1.78. The summed E-state index contributed by atoms with van der Waals surface area (Å²) >= 11 is 1.18. The van der Waals surface area contributed by atoms with Gasteiger partial charge in [0, 0.05) is 35.9 Å². The molecule has 1 heterocycles. The van der Waals surface area contributed by atoms with Crippen LogP contribution in [0.3, 0.4) is 0 Å². The van der Waals surface area contributed by atoms with Crippen LogP contribution in [0.2, 0.25) is 0 Å². The van der Waals surface area contributed by atoms with Gasteiger partial charge < -0.3 is 10.6 Å². The summed E-state index contributed by atoms with van der Waals surface area (Å²) in [6.45, 7) is 2.19. The van der Waals surface area contributed by atoms with Crippen molar-refractivity contribution < 1.29 is 9.00 Å². The maximum absolute atomic E-state index is 11.6. The van der Waals surface area contributed by atoms with Crippen LogP contribution in [0.15, 0.2) is 0 Å². The van der Waals surface area contributed by atoms with E-state index in [1.807, 2.05) is 6.92 Å². The van der Waals surface area contributed by atoms with Crippen LogP contribution in [-0.2, 0) is 10.8 Å². The predicted molar refractivity (Wildman–Crippen MR) is 65.3 cm³/mol. The molecular formula is C8H14N4O2S2. The van der Waals surface area contributed by atoms with Crippen LogP contribution in [0.1, 0.15) is 16.7 Å². The molecule has 2 N–H and O–H groups in total. The second-order valence-corrected chi connectivity index (χ2v) is 5.96. The minimum absolute atomic E-state index is 0.0689. The molecule has 90 valence electrons. The first-order chi connectivity index (χ1) is 7.54. The molecule has 1 amide bonds. The molecule has 0 spiro atoms. The second kappa shape index (κ2) is 5.90. The first kappa shape index (κ1) is 13.0. The van der Waals surface area contributed by atoms with Gasteiger partial charge in [-0.05, 0) is 6.92 Å². The van der Waals surface area contributed by atoms with E-state index in [9.17, 15) is 9.00 Å². The topological polar surface area (TPSA) is 84.0 Å². The van der Waals surface area contributed by atoms with Gasteiger partial charge in [0.25, 0.3) is 5.91 Å². The lowest BCUT2D eigenvalue weighted by Crippen LogP contribution is -2.32. The Morgan fingerprint density at radius 1 is 1.56 bits per heavy atom. The van der Waals surface area contributed by atoms with Crippen molar-refractivity contribution in [2.45, 2.75) is 12.2 Å². The fraction of sp³-hybridized carbons (Fsp3) is 0.625. The number of amides is 1. The Bertz CT molecular complexity index is 393. The number of aromatic nitrogens is 2. The highest BCUT2D eigenvalue weighted by Gasteiger charge is 2.14. The molecule has 0 aliphatic carbocycles. The molecular weight excluding hydrogens is 248 g/mol. The van der Waals surface area contributed by atoms with E-state index in [1.165, 1.54) is 11.3 Å². The van der Waals surface area contributed by atoms with Gasteiger partial charge in [-0.25, -0.2) is 0 Å². The number of carbonyl (C=O) groups excluding carboxylic acids is 1. The molecule has 0 saturated heterocycles. The summed E-state index contributed by atoms with van der Waals surface area (Å²) in [4.78, 5) is 11.6. The van der Waals surface area contributed by atoms with E-state index < -0.39 is 10.8 Å². The van der Waals surface area contributed by atoms with Crippen LogP contribution in [0.25, 0.3) is 0 Å². The third kappa shape index (κ3) is 3.53. The first-order valence-corrected chi connectivity index (χ1v) is 7.10. The third-order valence-corrected chi connectivity index (χ3v) is 4.19. The highest BCUT2D eigenvalue weighted by atomic mass is 32.2. The summed E-state index contributed by atoms with van der Waals surface area (Å²) in [7, 11) is 0.774. The number of hydrogen-bond donors (Lipinski definition) is 2. The van der Waals surface area contributed by atoms with Crippen molar-refractivity contribution in [2.75, 3.05) is 25.2 Å². The normalized spacial score (nSPS) is 14.2. The summed E-state index contributed by atoms with van der Waals surface area (Å²) in [6, 6.07) is 0. The van der Waals surface area contributed by atoms with E-state index in [4.69, 9.17) is 0 Å². The van der Waals surface area contributed by atoms with E-state index in [0.717, 1.165) is 0 Å². The quantitative estimate of drug-likeness (QED) is 0.785. The summed E-state index contributed by atoms with van der Waals surface area (Å²) in [5.41, 5.74) is 0. The number of carbonyl (C=O) groups is 1. The molecule has 2 unspecified atom stereocenters. The Labute approximate surface area is 100 Å². The third-order valence-electron chi connectivity index (χ3n) is 1.95. The molecule has 1 aromatic heterocycles. The largest absolute Gasteiger partial charge is 0.363 e. The highest BCUT2D eigenvalue weighted by molar-refractivity contribution is 7.84. The number of nitrogens with one attached hydrogen (secondary N) is 2. The van der Waals surface area contributed by atoms with Crippen molar-refractivity contribution in [1.29, 1.82) is 0 Å². The first-order valence-electron chi connectivity index (χ1n) is 4.66. The Morgan fingerprint density at radius 3 is 2.75 bits per heavy atom. The number of hydrogen-bond acceptors (Lipinski definition) is 6. The van der Waals surface area contributed by atoms with Crippen LogP contribution < -0.4 is 10.6 Å². The summed E-state index contributed by atoms with van der Waals surface area (Å²) in [6.07, 6.45) is 1.61. The summed E-state index contributed by atoms with van der Waals surface area (Å²) in [5.74, 6) is -0.281. The van der Waals surface area contributed by atoms with Crippen LogP contribution >= 0.6 is 11.3 Å². The van der Waals surface area contributed by atoms with Crippen LogP contribution in [0.5, 0.6) is 0 Å². The standard InChI is InChI=1S/C8H14N4O2S2/c1-5(16(3)14)4-10-6(13)7-11-12-8(9-2)15-7/h5H,4H2,1-3H3,(H,9,12)(H,10,13). The Hall–Kier alpha value is -1.02. The van der Waals surface area contributed by atoms with Gasteiger partial charge >= 0.3 is 0 Å². The molecule has 0 aromatic carbocycles. The van der Waals surface area contributed by atoms with Crippen LogP contribution in [0.4, 0.5) is 5.13 Å². The van der Waals surface area contributed by atoms with Gasteiger partial charge in [-0.1, -0.05) is 11.3 Å². The predicted octanol–water partition coefficient (Wildman–Crippen LogP) is 0.0766. The van der Waals surface area contributed by atoms with Crippen molar-refractivity contribution >= 4 is 33.2 Å². The number of anilines is 1.